The summed E-state index contributed by atoms with van der Waals surface area (Å²) < 4.78 is 11.7. The Bertz CT molecular complexity index is 1230. The zero-order valence-corrected chi connectivity index (χ0v) is 23.9. The zero-order chi connectivity index (χ0) is 28.9. The number of nitro groups is 1. The Hall–Kier alpha value is -2.72. The maximum absolute atomic E-state index is 13.1. The average Bonchev–Trinajstić information content (AvgIpc) is 3.22. The van der Waals surface area contributed by atoms with Gasteiger partial charge < -0.3 is 19.9 Å². The second kappa shape index (κ2) is 10.3. The highest BCUT2D eigenvalue weighted by molar-refractivity contribution is 5.99. The highest BCUT2D eigenvalue weighted by Crippen LogP contribution is 2.68. The number of nitrogens with zero attached hydrogens (tertiary/aromatic N) is 4. The lowest BCUT2D eigenvalue weighted by molar-refractivity contribution is -0.385. The lowest BCUT2D eigenvalue weighted by atomic mass is 9.44. The lowest BCUT2D eigenvalue weighted by Crippen LogP contribution is -2.60. The third-order valence-corrected chi connectivity index (χ3v) is 11.9. The fourth-order valence-electron chi connectivity index (χ4n) is 9.35. The van der Waals surface area contributed by atoms with Crippen molar-refractivity contribution in [3.8, 4) is 0 Å². The molecular formula is C29H41N5O6. The van der Waals surface area contributed by atoms with Gasteiger partial charge >= 0.3 is 0 Å². The Morgan fingerprint density at radius 1 is 1.15 bits per heavy atom. The molecule has 11 heteroatoms. The predicted molar refractivity (Wildman–Crippen MR) is 148 cm³/mol. The number of carbonyl (C=O) groups is 1. The Labute approximate surface area is 234 Å². The van der Waals surface area contributed by atoms with Crippen molar-refractivity contribution in [2.75, 3.05) is 20.8 Å². The summed E-state index contributed by atoms with van der Waals surface area (Å²) in [6, 6.07) is 3.68. The third-order valence-electron chi connectivity index (χ3n) is 11.9. The van der Waals surface area contributed by atoms with Crippen LogP contribution in [0.4, 0.5) is 11.4 Å². The summed E-state index contributed by atoms with van der Waals surface area (Å²) in [5.74, 6) is 0.851. The summed E-state index contributed by atoms with van der Waals surface area (Å²) in [5, 5.41) is 29.8. The van der Waals surface area contributed by atoms with E-state index in [0.717, 1.165) is 57.4 Å². The van der Waals surface area contributed by atoms with Crippen LogP contribution in [-0.2, 0) is 9.47 Å². The largest absolute Gasteiger partial charge is 0.387 e. The molecule has 0 heterocycles. The maximum Gasteiger partial charge on any atom is 0.282 e. The van der Waals surface area contributed by atoms with E-state index in [1.807, 2.05) is 0 Å². The highest BCUT2D eigenvalue weighted by Gasteiger charge is 2.65. The first-order valence-corrected chi connectivity index (χ1v) is 14.4. The van der Waals surface area contributed by atoms with Gasteiger partial charge in [0.2, 0.25) is 0 Å². The van der Waals surface area contributed by atoms with E-state index < -0.39 is 22.2 Å². The van der Waals surface area contributed by atoms with Gasteiger partial charge in [0.25, 0.3) is 11.6 Å². The van der Waals surface area contributed by atoms with E-state index >= 15 is 0 Å². The van der Waals surface area contributed by atoms with Crippen LogP contribution in [0.2, 0.25) is 0 Å². The Morgan fingerprint density at radius 3 is 2.55 bits per heavy atom. The molecule has 0 aliphatic heterocycles. The van der Waals surface area contributed by atoms with Crippen molar-refractivity contribution >= 4 is 17.3 Å². The molecule has 218 valence electrons. The van der Waals surface area contributed by atoms with Crippen molar-refractivity contribution in [2.45, 2.75) is 83.0 Å². The molecule has 2 N–H and O–H groups in total. The van der Waals surface area contributed by atoms with Crippen molar-refractivity contribution < 1.29 is 24.3 Å². The summed E-state index contributed by atoms with van der Waals surface area (Å²) in [7, 11) is 3.49. The third kappa shape index (κ3) is 4.38. The average molecular weight is 556 g/mol. The van der Waals surface area contributed by atoms with Crippen molar-refractivity contribution in [3.05, 3.63) is 44.3 Å². The van der Waals surface area contributed by atoms with Crippen LogP contribution in [-0.4, -0.2) is 48.1 Å². The summed E-state index contributed by atoms with van der Waals surface area (Å²) in [5.41, 5.74) is 7.04. The molecule has 4 aliphatic rings. The van der Waals surface area contributed by atoms with Crippen LogP contribution >= 0.6 is 0 Å². The summed E-state index contributed by atoms with van der Waals surface area (Å²) in [6.45, 7) is 4.66. The summed E-state index contributed by atoms with van der Waals surface area (Å²) >= 11 is 0. The second-order valence-electron chi connectivity index (χ2n) is 13.0. The van der Waals surface area contributed by atoms with Gasteiger partial charge in [-0.3, -0.25) is 14.9 Å². The van der Waals surface area contributed by atoms with E-state index in [1.54, 1.807) is 14.2 Å². The van der Waals surface area contributed by atoms with Crippen molar-refractivity contribution in [3.63, 3.8) is 0 Å². The van der Waals surface area contributed by atoms with E-state index in [0.29, 0.717) is 30.1 Å². The molecule has 0 aromatic heterocycles. The van der Waals surface area contributed by atoms with Gasteiger partial charge in [-0.25, -0.2) is 0 Å². The number of azide groups is 1. The van der Waals surface area contributed by atoms with Gasteiger partial charge in [0.15, 0.2) is 5.79 Å². The first-order valence-electron chi connectivity index (χ1n) is 14.4. The van der Waals surface area contributed by atoms with E-state index in [4.69, 9.17) is 15.0 Å². The first-order chi connectivity index (χ1) is 19.0. The van der Waals surface area contributed by atoms with Crippen LogP contribution in [0.15, 0.2) is 23.3 Å². The number of rotatable bonds is 7. The topological polar surface area (TPSA) is 160 Å². The van der Waals surface area contributed by atoms with Gasteiger partial charge in [-0.2, -0.15) is 0 Å². The normalized spacial score (nSPS) is 37.8. The number of aliphatic hydroxyl groups is 1. The molecule has 0 saturated heterocycles. The molecule has 40 heavy (non-hydrogen) atoms. The van der Waals surface area contributed by atoms with Crippen LogP contribution in [0.1, 0.15) is 82.0 Å². The number of nitro benzene ring substituents is 1. The van der Waals surface area contributed by atoms with Crippen molar-refractivity contribution in [1.29, 1.82) is 0 Å². The molecule has 0 bridgehead atoms. The van der Waals surface area contributed by atoms with Crippen LogP contribution in [0.5, 0.6) is 0 Å². The van der Waals surface area contributed by atoms with E-state index in [-0.39, 0.29) is 34.3 Å². The fraction of sp³-hybridized carbons (Fsp3) is 0.759. The molecular weight excluding hydrogens is 514 g/mol. The van der Waals surface area contributed by atoms with Crippen LogP contribution in [0.3, 0.4) is 0 Å². The second-order valence-corrected chi connectivity index (χ2v) is 13.0. The fourth-order valence-corrected chi connectivity index (χ4v) is 9.35. The van der Waals surface area contributed by atoms with Crippen LogP contribution in [0.25, 0.3) is 10.4 Å². The molecule has 0 unspecified atom stereocenters. The number of hydrogen-bond donors (Lipinski definition) is 2. The van der Waals surface area contributed by atoms with Crippen LogP contribution in [0, 0.1) is 44.6 Å². The minimum Gasteiger partial charge on any atom is -0.387 e. The number of nitrogens with one attached hydrogen (secondary N) is 1. The first kappa shape index (κ1) is 28.8. The molecule has 0 spiro atoms. The van der Waals surface area contributed by atoms with Crippen LogP contribution < -0.4 is 5.32 Å². The molecule has 1 amide bonds. The molecule has 1 aromatic carbocycles. The minimum atomic E-state index is -1.11. The number of hydrogen-bond acceptors (Lipinski definition) is 7. The molecule has 4 fully saturated rings. The minimum absolute atomic E-state index is 0.0171. The Morgan fingerprint density at radius 2 is 1.88 bits per heavy atom. The van der Waals surface area contributed by atoms with Crippen molar-refractivity contribution in [1.82, 2.24) is 5.32 Å². The molecule has 4 aliphatic carbocycles. The number of fused-ring (bicyclic) bond motifs is 5. The summed E-state index contributed by atoms with van der Waals surface area (Å²) in [6.07, 6.45) is 8.51. The maximum atomic E-state index is 13.1. The van der Waals surface area contributed by atoms with E-state index in [1.165, 1.54) is 12.1 Å². The molecule has 1 aromatic rings. The quantitative estimate of drug-likeness (QED) is 0.104. The van der Waals surface area contributed by atoms with Gasteiger partial charge in [0.1, 0.15) is 5.56 Å². The van der Waals surface area contributed by atoms with Gasteiger partial charge in [-0.05, 0) is 91.7 Å². The Balaban J connectivity index is 1.32. The van der Waals surface area contributed by atoms with Gasteiger partial charge in [0, 0.05) is 55.7 Å². The molecule has 5 rings (SSSR count). The zero-order valence-electron chi connectivity index (χ0n) is 23.9. The van der Waals surface area contributed by atoms with Crippen molar-refractivity contribution in [2.24, 2.45) is 39.6 Å². The number of benzene rings is 1. The molecule has 4 saturated carbocycles. The SMILES string of the molecule is COC1(OC)CC[C@@]2(C)[C@@H](CC[C@@H]3[C@@H]2CC[C@@]2(C)[C@H]3CC[C@@]2(O)CNC(=O)c2cc(N=[N+]=[N-])ccc2[N+](=O)[O-])C1. The number of amides is 1. The van der Waals surface area contributed by atoms with Gasteiger partial charge in [-0.1, -0.05) is 19.0 Å². The smallest absolute Gasteiger partial charge is 0.282 e. The monoisotopic (exact) mass is 555 g/mol. The molecule has 11 nitrogen and oxygen atoms in total. The number of carbonyl (C=O) groups excluding carboxylic acids is 1. The highest BCUT2D eigenvalue weighted by atomic mass is 16.7. The van der Waals surface area contributed by atoms with E-state index in [2.05, 4.69) is 29.2 Å². The Kier molecular flexibility index (Phi) is 7.40. The molecule has 7 atom stereocenters. The van der Waals surface area contributed by atoms with Gasteiger partial charge in [-0.15, -0.1) is 0 Å². The van der Waals surface area contributed by atoms with Gasteiger partial charge in [0.05, 0.1) is 10.5 Å². The van der Waals surface area contributed by atoms with E-state index in [9.17, 15) is 20.0 Å². The number of methoxy groups -OCH3 is 2. The summed E-state index contributed by atoms with van der Waals surface area (Å²) in [4.78, 5) is 26.8. The molecule has 0 radical (unpaired) electrons. The standard InChI is InChI=1S/C29H41N5O6/c1-26-13-14-29(39-3,40-4)16-18(26)5-7-20-22(26)9-11-27(2)23(20)10-12-28(27,36)17-31-25(35)21-15-19(32-33-30)6-8-24(21)34(37)38/h6,8,15,18,20,22-23,36H,5,7,9-14,16-17H2,1-4H3,(H,31,35)/t18-,20+,22-,23-,26-,27-,28+/m0/s1. The lowest BCUT2D eigenvalue weighted by Gasteiger charge is -2.62. The predicted octanol–water partition coefficient (Wildman–Crippen LogP) is 6.03. The number of ether oxygens (including phenoxy) is 2.